The van der Waals surface area contributed by atoms with Gasteiger partial charge in [-0.25, -0.2) is 0 Å². The van der Waals surface area contributed by atoms with Crippen molar-refractivity contribution in [2.24, 2.45) is 0 Å². The minimum Gasteiger partial charge on any atom is -0.349 e. The summed E-state index contributed by atoms with van der Waals surface area (Å²) in [5, 5.41) is 4.73. The van der Waals surface area contributed by atoms with Crippen LogP contribution in [0.2, 0.25) is 0 Å². The van der Waals surface area contributed by atoms with Gasteiger partial charge in [-0.2, -0.15) is 48.5 Å². The van der Waals surface area contributed by atoms with Gasteiger partial charge in [-0.1, -0.05) is 58.5 Å². The number of pyridine rings is 2. The minimum atomic E-state index is 0. The summed E-state index contributed by atoms with van der Waals surface area (Å²) in [6, 6.07) is 46.2. The zero-order valence-electron chi connectivity index (χ0n) is 20.7. The van der Waals surface area contributed by atoms with Crippen LogP contribution in [0.4, 0.5) is 0 Å². The van der Waals surface area contributed by atoms with Crippen molar-refractivity contribution in [2.45, 2.75) is 0 Å². The summed E-state index contributed by atoms with van der Waals surface area (Å²) in [6.07, 6.45) is 5.57. The van der Waals surface area contributed by atoms with Gasteiger partial charge in [0.25, 0.3) is 5.82 Å². The number of para-hydroxylation sites is 4. The normalized spacial score (nSPS) is 11.4. The van der Waals surface area contributed by atoms with Crippen LogP contribution in [0.25, 0.3) is 60.9 Å². The maximum atomic E-state index is 5.09. The van der Waals surface area contributed by atoms with E-state index in [0.717, 1.165) is 39.4 Å². The maximum Gasteiger partial charge on any atom is 0.250 e. The molecule has 4 aromatic heterocycles. The van der Waals surface area contributed by atoms with Crippen LogP contribution in [0.5, 0.6) is 0 Å². The Morgan fingerprint density at radius 1 is 0.564 bits per heavy atom. The zero-order chi connectivity index (χ0) is 25.1. The van der Waals surface area contributed by atoms with Crippen molar-refractivity contribution < 1.29 is 25.6 Å². The van der Waals surface area contributed by atoms with Crippen molar-refractivity contribution in [3.05, 3.63) is 140 Å². The van der Waals surface area contributed by atoms with Gasteiger partial charge in [0.05, 0.1) is 6.20 Å². The summed E-state index contributed by atoms with van der Waals surface area (Å²) in [4.78, 5) is 5.09. The van der Waals surface area contributed by atoms with Crippen molar-refractivity contribution in [3.8, 4) is 17.3 Å². The molecule has 0 fully saturated rings. The number of hydrogen-bond donors (Lipinski definition) is 0. The Morgan fingerprint density at radius 3 is 1.90 bits per heavy atom. The molecule has 0 unspecified atom stereocenters. The predicted octanol–water partition coefficient (Wildman–Crippen LogP) is 6.95. The Bertz CT molecular complexity index is 1890. The number of benzene rings is 4. The van der Waals surface area contributed by atoms with E-state index < -0.39 is 0 Å². The molecular weight excluding hydrogens is 659 g/mol. The number of nitrogens with zero attached hydrogens (tertiary/aromatic N) is 4. The first-order valence-corrected chi connectivity index (χ1v) is 12.6. The Hall–Kier alpha value is -4.53. The van der Waals surface area contributed by atoms with Crippen LogP contribution in [0, 0.1) is 18.3 Å². The van der Waals surface area contributed by atoms with Crippen LogP contribution in [0.1, 0.15) is 0 Å². The molecular formula is C34H20N4Pt-2. The van der Waals surface area contributed by atoms with E-state index in [4.69, 9.17) is 4.98 Å². The fraction of sp³-hybridized carbons (Fsp3) is 0. The molecule has 4 aromatic carbocycles. The van der Waals surface area contributed by atoms with Gasteiger partial charge in [0.15, 0.2) is 0 Å². The third-order valence-corrected chi connectivity index (χ3v) is 7.15. The fourth-order valence-corrected chi connectivity index (χ4v) is 5.53. The van der Waals surface area contributed by atoms with Crippen LogP contribution in [0.15, 0.2) is 121 Å². The summed E-state index contributed by atoms with van der Waals surface area (Å²) >= 11 is 0. The van der Waals surface area contributed by atoms with Gasteiger partial charge in [-0.3, -0.25) is 4.57 Å². The van der Waals surface area contributed by atoms with Gasteiger partial charge in [0, 0.05) is 50.0 Å². The smallest absolute Gasteiger partial charge is 0.250 e. The third-order valence-electron chi connectivity index (χ3n) is 7.15. The molecule has 0 N–H and O–H groups in total. The Labute approximate surface area is 239 Å². The fourth-order valence-electron chi connectivity index (χ4n) is 5.53. The second-order valence-electron chi connectivity index (χ2n) is 9.30. The molecule has 0 saturated carbocycles. The minimum absolute atomic E-state index is 0. The van der Waals surface area contributed by atoms with E-state index in [1.807, 2.05) is 59.3 Å². The molecule has 0 spiro atoms. The molecule has 0 bridgehead atoms. The average molecular weight is 680 g/mol. The van der Waals surface area contributed by atoms with Gasteiger partial charge in [-0.05, 0) is 29.0 Å². The standard InChI is InChI=1S/C34H20N4.Pt/c1-5-16-29-25(12-1)26-13-2-6-17-30(26)37(29)24-11-10-22-36(23-24)33-20-9-21-34(35-33)38-31-18-7-3-14-27(31)28-15-4-8-19-32(28)38;/h1-16,18,20-22H;/q-2;. The van der Waals surface area contributed by atoms with Crippen molar-refractivity contribution in [1.29, 1.82) is 0 Å². The molecule has 0 saturated heterocycles. The van der Waals surface area contributed by atoms with Gasteiger partial charge >= 0.3 is 0 Å². The number of hydrogen-bond acceptors (Lipinski definition) is 1. The second kappa shape index (κ2) is 9.34. The molecule has 8 aromatic rings. The second-order valence-corrected chi connectivity index (χ2v) is 9.30. The van der Waals surface area contributed by atoms with Crippen LogP contribution in [0.3, 0.4) is 0 Å². The number of rotatable bonds is 3. The molecule has 39 heavy (non-hydrogen) atoms. The largest absolute Gasteiger partial charge is 0.349 e. The Kier molecular flexibility index (Phi) is 5.64. The van der Waals surface area contributed by atoms with Crippen molar-refractivity contribution in [1.82, 2.24) is 14.1 Å². The predicted molar refractivity (Wildman–Crippen MR) is 151 cm³/mol. The van der Waals surface area contributed by atoms with Crippen LogP contribution < -0.4 is 4.57 Å². The third kappa shape index (κ3) is 3.64. The van der Waals surface area contributed by atoms with Crippen molar-refractivity contribution in [2.75, 3.05) is 0 Å². The molecule has 0 aliphatic carbocycles. The van der Waals surface area contributed by atoms with Crippen LogP contribution in [-0.2, 0) is 21.1 Å². The van der Waals surface area contributed by atoms with Gasteiger partial charge in [0.2, 0.25) is 5.82 Å². The first-order chi connectivity index (χ1) is 18.9. The van der Waals surface area contributed by atoms with Gasteiger partial charge in [0.1, 0.15) is 0 Å². The first-order valence-electron chi connectivity index (χ1n) is 12.6. The van der Waals surface area contributed by atoms with E-state index in [0.29, 0.717) is 0 Å². The molecule has 4 nitrogen and oxygen atoms in total. The topological polar surface area (TPSA) is 26.6 Å². The van der Waals surface area contributed by atoms with Crippen LogP contribution in [-0.4, -0.2) is 14.1 Å². The summed E-state index contributed by atoms with van der Waals surface area (Å²) in [5.74, 6) is 1.63. The molecule has 0 radical (unpaired) electrons. The van der Waals surface area contributed by atoms with Crippen molar-refractivity contribution in [3.63, 3.8) is 0 Å². The average Bonchev–Trinajstić information content (AvgIpc) is 3.51. The van der Waals surface area contributed by atoms with E-state index in [1.165, 1.54) is 21.5 Å². The SMILES string of the molecule is [Pt].[c-]1cccc2c3ccccc3n(-c3[c-][n+](-c4cccc(-n5c6[c-]cccc6c6ccccc65)n4)ccc3)c12. The molecule has 4 heterocycles. The molecule has 0 amide bonds. The Balaban J connectivity index is 0.00000253. The summed E-state index contributed by atoms with van der Waals surface area (Å²) < 4.78 is 6.35. The first kappa shape index (κ1) is 23.6. The molecule has 0 aliphatic heterocycles. The summed E-state index contributed by atoms with van der Waals surface area (Å²) in [7, 11) is 0. The molecule has 8 rings (SSSR count). The van der Waals surface area contributed by atoms with E-state index in [-0.39, 0.29) is 21.1 Å². The van der Waals surface area contributed by atoms with Crippen LogP contribution >= 0.6 is 0 Å². The van der Waals surface area contributed by atoms with E-state index in [1.54, 1.807) is 0 Å². The van der Waals surface area contributed by atoms with E-state index in [9.17, 15) is 0 Å². The summed E-state index contributed by atoms with van der Waals surface area (Å²) in [5.41, 5.74) is 5.21. The number of fused-ring (bicyclic) bond motifs is 6. The maximum absolute atomic E-state index is 5.09. The molecule has 5 heteroatoms. The summed E-state index contributed by atoms with van der Waals surface area (Å²) in [6.45, 7) is 0. The quantitative estimate of drug-likeness (QED) is 0.147. The van der Waals surface area contributed by atoms with E-state index in [2.05, 4.69) is 94.2 Å². The van der Waals surface area contributed by atoms with Crippen molar-refractivity contribution >= 4 is 43.6 Å². The van der Waals surface area contributed by atoms with Gasteiger partial charge < -0.3 is 9.13 Å². The Morgan fingerprint density at radius 2 is 1.18 bits per heavy atom. The molecule has 0 atom stereocenters. The number of aromatic nitrogens is 4. The monoisotopic (exact) mass is 679 g/mol. The van der Waals surface area contributed by atoms with E-state index >= 15 is 0 Å². The zero-order valence-corrected chi connectivity index (χ0v) is 22.9. The van der Waals surface area contributed by atoms with Gasteiger partial charge in [-0.15, -0.1) is 22.9 Å². The molecule has 0 aliphatic rings. The molecule has 188 valence electrons.